The van der Waals surface area contributed by atoms with E-state index in [1.54, 1.807) is 14.2 Å². The number of nitrogens with zero attached hydrogens (tertiary/aromatic N) is 1. The first-order chi connectivity index (χ1) is 14.1. The topological polar surface area (TPSA) is 72.5 Å². The third kappa shape index (κ3) is 4.66. The van der Waals surface area contributed by atoms with E-state index in [9.17, 15) is 4.79 Å². The van der Waals surface area contributed by atoms with Gasteiger partial charge in [-0.3, -0.25) is 4.79 Å². The van der Waals surface area contributed by atoms with Crippen LogP contribution in [0.2, 0.25) is 0 Å². The van der Waals surface area contributed by atoms with E-state index in [-0.39, 0.29) is 11.9 Å². The molecule has 2 N–H and O–H groups in total. The second kappa shape index (κ2) is 9.39. The first-order valence-electron chi connectivity index (χ1n) is 9.71. The minimum Gasteiger partial charge on any atom is -0.493 e. The van der Waals surface area contributed by atoms with Crippen molar-refractivity contribution in [2.45, 2.75) is 19.9 Å². The van der Waals surface area contributed by atoms with E-state index in [1.165, 1.54) is 0 Å². The average molecular weight is 393 g/mol. The summed E-state index contributed by atoms with van der Waals surface area (Å²) >= 11 is 0. The fourth-order valence-corrected chi connectivity index (χ4v) is 3.27. The molecule has 2 aromatic carbocycles. The van der Waals surface area contributed by atoms with Gasteiger partial charge in [0, 0.05) is 23.5 Å². The zero-order valence-corrected chi connectivity index (χ0v) is 17.3. The fourth-order valence-electron chi connectivity index (χ4n) is 3.27. The predicted molar refractivity (Wildman–Crippen MR) is 116 cm³/mol. The van der Waals surface area contributed by atoms with Gasteiger partial charge in [0.05, 0.1) is 31.0 Å². The van der Waals surface area contributed by atoms with E-state index in [4.69, 9.17) is 14.5 Å². The molecule has 0 radical (unpaired) electrons. The first kappa shape index (κ1) is 20.6. The molecule has 0 aliphatic carbocycles. The van der Waals surface area contributed by atoms with Crippen molar-refractivity contribution in [1.82, 2.24) is 15.6 Å². The van der Waals surface area contributed by atoms with Gasteiger partial charge >= 0.3 is 0 Å². The second-order valence-electron chi connectivity index (χ2n) is 6.81. The van der Waals surface area contributed by atoms with Gasteiger partial charge in [0.1, 0.15) is 0 Å². The summed E-state index contributed by atoms with van der Waals surface area (Å²) in [5, 5.41) is 7.14. The Morgan fingerprint density at radius 3 is 2.55 bits per heavy atom. The van der Waals surface area contributed by atoms with Gasteiger partial charge in [0.25, 0.3) is 5.91 Å². The second-order valence-corrected chi connectivity index (χ2v) is 6.81. The number of pyridine rings is 1. The Labute approximate surface area is 171 Å². The highest BCUT2D eigenvalue weighted by Crippen LogP contribution is 2.33. The largest absolute Gasteiger partial charge is 0.493 e. The maximum Gasteiger partial charge on any atom is 0.252 e. The minimum absolute atomic E-state index is 0.116. The Hall–Kier alpha value is -3.12. The van der Waals surface area contributed by atoms with Crippen molar-refractivity contribution in [3.8, 4) is 22.8 Å². The summed E-state index contributed by atoms with van der Waals surface area (Å²) in [6.07, 6.45) is 0. The minimum atomic E-state index is -0.116. The number of fused-ring (bicyclic) bond motifs is 1. The molecule has 1 heterocycles. The summed E-state index contributed by atoms with van der Waals surface area (Å²) in [5.41, 5.74) is 2.92. The molecule has 29 heavy (non-hydrogen) atoms. The number of aromatic nitrogens is 1. The molecule has 0 fully saturated rings. The van der Waals surface area contributed by atoms with Crippen LogP contribution in [0.1, 0.15) is 24.2 Å². The van der Waals surface area contributed by atoms with Gasteiger partial charge in [0.2, 0.25) is 0 Å². The molecule has 0 aliphatic rings. The monoisotopic (exact) mass is 393 g/mol. The van der Waals surface area contributed by atoms with Crippen molar-refractivity contribution in [3.63, 3.8) is 0 Å². The van der Waals surface area contributed by atoms with Crippen LogP contribution in [0.5, 0.6) is 11.5 Å². The molecule has 1 amide bonds. The molecule has 3 aromatic rings. The van der Waals surface area contributed by atoms with Crippen molar-refractivity contribution in [1.29, 1.82) is 0 Å². The lowest BCUT2D eigenvalue weighted by atomic mass is 10.0. The molecule has 1 atom stereocenters. The van der Waals surface area contributed by atoms with E-state index in [1.807, 2.05) is 62.4 Å². The van der Waals surface area contributed by atoms with Crippen LogP contribution in [0, 0.1) is 0 Å². The van der Waals surface area contributed by atoms with E-state index in [0.717, 1.165) is 23.0 Å². The Balaban J connectivity index is 2.01. The van der Waals surface area contributed by atoms with Gasteiger partial charge in [0.15, 0.2) is 11.5 Å². The van der Waals surface area contributed by atoms with Crippen LogP contribution >= 0.6 is 0 Å². The molecule has 3 rings (SSSR count). The van der Waals surface area contributed by atoms with Crippen molar-refractivity contribution in [2.24, 2.45) is 0 Å². The number of carbonyl (C=O) groups excluding carboxylic acids is 1. The van der Waals surface area contributed by atoms with Gasteiger partial charge < -0.3 is 20.1 Å². The lowest BCUT2D eigenvalue weighted by Gasteiger charge is -2.15. The van der Waals surface area contributed by atoms with Crippen molar-refractivity contribution in [2.75, 3.05) is 27.3 Å². The quantitative estimate of drug-likeness (QED) is 0.611. The Bertz CT molecular complexity index is 1000. The van der Waals surface area contributed by atoms with Crippen LogP contribution in [0.25, 0.3) is 22.2 Å². The molecule has 6 nitrogen and oxygen atoms in total. The number of rotatable bonds is 8. The number of carbonyl (C=O) groups is 1. The maximum absolute atomic E-state index is 13.0. The molecule has 0 spiro atoms. The summed E-state index contributed by atoms with van der Waals surface area (Å²) < 4.78 is 10.7. The third-order valence-electron chi connectivity index (χ3n) is 4.76. The molecular weight excluding hydrogens is 366 g/mol. The van der Waals surface area contributed by atoms with Crippen LogP contribution < -0.4 is 20.1 Å². The lowest BCUT2D eigenvalue weighted by molar-refractivity contribution is 0.0952. The number of benzene rings is 2. The summed E-state index contributed by atoms with van der Waals surface area (Å²) in [6.45, 7) is 5.50. The summed E-state index contributed by atoms with van der Waals surface area (Å²) in [4.78, 5) is 17.7. The summed E-state index contributed by atoms with van der Waals surface area (Å²) in [6, 6.07) is 15.3. The number of hydrogen-bond donors (Lipinski definition) is 2. The molecule has 0 saturated carbocycles. The highest BCUT2D eigenvalue weighted by molar-refractivity contribution is 6.07. The Morgan fingerprint density at radius 1 is 1.07 bits per heavy atom. The van der Waals surface area contributed by atoms with Crippen molar-refractivity contribution < 1.29 is 14.3 Å². The highest BCUT2D eigenvalue weighted by Gasteiger charge is 2.15. The summed E-state index contributed by atoms with van der Waals surface area (Å²) in [7, 11) is 3.20. The molecule has 152 valence electrons. The van der Waals surface area contributed by atoms with Crippen molar-refractivity contribution in [3.05, 3.63) is 54.1 Å². The standard InChI is InChI=1S/C23H27N3O3/c1-5-24-15(2)14-25-23(27)18-13-20(26-19-9-7-6-8-17(18)19)16-10-11-21(28-3)22(12-16)29-4/h6-13,15,24H,5,14H2,1-4H3,(H,25,27)/t15-/m1/s1. The van der Waals surface area contributed by atoms with Gasteiger partial charge in [-0.25, -0.2) is 4.98 Å². The van der Waals surface area contributed by atoms with Crippen LogP contribution in [0.4, 0.5) is 0 Å². The molecule has 0 bridgehead atoms. The lowest BCUT2D eigenvalue weighted by Crippen LogP contribution is -2.38. The molecule has 6 heteroatoms. The molecule has 0 saturated heterocycles. The van der Waals surface area contributed by atoms with Gasteiger partial charge in [-0.1, -0.05) is 25.1 Å². The number of likely N-dealkylation sites (N-methyl/N-ethyl adjacent to an activating group) is 1. The van der Waals surface area contributed by atoms with E-state index in [2.05, 4.69) is 10.6 Å². The van der Waals surface area contributed by atoms with E-state index in [0.29, 0.717) is 29.3 Å². The average Bonchev–Trinajstić information content (AvgIpc) is 2.76. The molecular formula is C23H27N3O3. The van der Waals surface area contributed by atoms with Gasteiger partial charge in [-0.2, -0.15) is 0 Å². The molecule has 0 aliphatic heterocycles. The Kier molecular flexibility index (Phi) is 6.67. The summed E-state index contributed by atoms with van der Waals surface area (Å²) in [5.74, 6) is 1.15. The normalized spacial score (nSPS) is 11.9. The van der Waals surface area contributed by atoms with E-state index < -0.39 is 0 Å². The van der Waals surface area contributed by atoms with Crippen LogP contribution in [0.3, 0.4) is 0 Å². The number of methoxy groups -OCH3 is 2. The number of hydrogen-bond acceptors (Lipinski definition) is 5. The zero-order chi connectivity index (χ0) is 20.8. The number of amides is 1. The smallest absolute Gasteiger partial charge is 0.252 e. The first-order valence-corrected chi connectivity index (χ1v) is 9.71. The number of nitrogens with one attached hydrogen (secondary N) is 2. The van der Waals surface area contributed by atoms with Gasteiger partial charge in [-0.15, -0.1) is 0 Å². The highest BCUT2D eigenvalue weighted by atomic mass is 16.5. The SMILES string of the molecule is CCN[C@H](C)CNC(=O)c1cc(-c2ccc(OC)c(OC)c2)nc2ccccc12. The van der Waals surface area contributed by atoms with Crippen LogP contribution in [-0.2, 0) is 0 Å². The van der Waals surface area contributed by atoms with Crippen molar-refractivity contribution >= 4 is 16.8 Å². The van der Waals surface area contributed by atoms with Crippen LogP contribution in [0.15, 0.2) is 48.5 Å². The number of para-hydroxylation sites is 1. The zero-order valence-electron chi connectivity index (χ0n) is 17.3. The van der Waals surface area contributed by atoms with Crippen LogP contribution in [-0.4, -0.2) is 44.2 Å². The predicted octanol–water partition coefficient (Wildman–Crippen LogP) is 3.65. The number of ether oxygens (including phenoxy) is 2. The third-order valence-corrected chi connectivity index (χ3v) is 4.76. The van der Waals surface area contributed by atoms with E-state index >= 15 is 0 Å². The maximum atomic E-state index is 13.0. The fraction of sp³-hybridized carbons (Fsp3) is 0.304. The molecule has 1 aromatic heterocycles. The van der Waals surface area contributed by atoms with Gasteiger partial charge in [-0.05, 0) is 43.8 Å². The Morgan fingerprint density at radius 2 is 1.83 bits per heavy atom. The molecule has 0 unspecified atom stereocenters.